The van der Waals surface area contributed by atoms with Gasteiger partial charge in [-0.2, -0.15) is 0 Å². The minimum absolute atomic E-state index is 0.00295. The first-order valence-electron chi connectivity index (χ1n) is 9.53. The van der Waals surface area contributed by atoms with E-state index in [0.29, 0.717) is 25.0 Å². The quantitative estimate of drug-likeness (QED) is 0.606. The van der Waals surface area contributed by atoms with E-state index in [2.05, 4.69) is 10.6 Å². The molecule has 30 heavy (non-hydrogen) atoms. The van der Waals surface area contributed by atoms with E-state index in [-0.39, 0.29) is 40.3 Å². The first-order chi connectivity index (χ1) is 14.3. The summed E-state index contributed by atoms with van der Waals surface area (Å²) >= 11 is 7.24. The third-order valence-electron chi connectivity index (χ3n) is 5.97. The van der Waals surface area contributed by atoms with Crippen molar-refractivity contribution in [3.8, 4) is 5.75 Å². The lowest BCUT2D eigenvalue weighted by Gasteiger charge is -2.70. The number of hydrogen-bond acceptors (Lipinski definition) is 4. The smallest absolute Gasteiger partial charge is 0.268 e. The predicted octanol–water partition coefficient (Wildman–Crippen LogP) is 3.63. The molecule has 2 aromatic heterocycles. The van der Waals surface area contributed by atoms with Gasteiger partial charge in [-0.15, -0.1) is 11.3 Å². The highest BCUT2D eigenvalue weighted by Gasteiger charge is 2.69. The average Bonchev–Trinajstić information content (AvgIpc) is 3.23. The molecule has 1 aromatic carbocycles. The van der Waals surface area contributed by atoms with Gasteiger partial charge in [0.15, 0.2) is 6.61 Å². The molecule has 6 rings (SSSR count). The summed E-state index contributed by atoms with van der Waals surface area (Å²) in [4.78, 5) is 24.9. The van der Waals surface area contributed by atoms with Crippen LogP contribution in [0.1, 0.15) is 29.8 Å². The van der Waals surface area contributed by atoms with Crippen molar-refractivity contribution in [3.05, 3.63) is 52.2 Å². The zero-order chi connectivity index (χ0) is 21.1. The van der Waals surface area contributed by atoms with Crippen molar-refractivity contribution in [3.63, 3.8) is 0 Å². The number of hydrogen-bond donors (Lipinski definition) is 2. The molecule has 2 amide bonds. The van der Waals surface area contributed by atoms with E-state index in [1.54, 1.807) is 11.3 Å². The van der Waals surface area contributed by atoms with Crippen LogP contribution in [0, 0.1) is 5.82 Å². The van der Waals surface area contributed by atoms with Gasteiger partial charge in [-0.05, 0) is 48.9 Å². The van der Waals surface area contributed by atoms with Crippen LogP contribution in [0.4, 0.5) is 4.39 Å². The Morgan fingerprint density at radius 3 is 2.63 bits per heavy atom. The molecule has 0 unspecified atom stereocenters. The number of aromatic nitrogens is 1. The summed E-state index contributed by atoms with van der Waals surface area (Å²) in [6.45, 7) is -0.206. The minimum atomic E-state index is -0.593. The number of ether oxygens (including phenoxy) is 1. The van der Waals surface area contributed by atoms with Crippen LogP contribution in [0.3, 0.4) is 0 Å². The van der Waals surface area contributed by atoms with Crippen LogP contribution >= 0.6 is 22.9 Å². The van der Waals surface area contributed by atoms with Crippen molar-refractivity contribution >= 4 is 45.0 Å². The van der Waals surface area contributed by atoms with E-state index in [0.717, 1.165) is 16.3 Å². The number of rotatable bonds is 6. The maximum atomic E-state index is 13.4. The van der Waals surface area contributed by atoms with E-state index < -0.39 is 5.82 Å². The second-order valence-electron chi connectivity index (χ2n) is 8.22. The molecular formula is C21H19ClFN3O3S. The molecular weight excluding hydrogens is 429 g/mol. The van der Waals surface area contributed by atoms with Gasteiger partial charge in [-0.1, -0.05) is 11.6 Å². The Bertz CT molecular complexity index is 1170. The second-order valence-corrected chi connectivity index (χ2v) is 9.57. The van der Waals surface area contributed by atoms with E-state index in [1.807, 2.05) is 29.1 Å². The number of nitrogens with one attached hydrogen (secondary N) is 2. The van der Waals surface area contributed by atoms with Crippen LogP contribution in [0.25, 0.3) is 10.2 Å². The fourth-order valence-corrected chi connectivity index (χ4v) is 5.64. The molecule has 3 fully saturated rings. The lowest BCUT2D eigenvalue weighted by Crippen LogP contribution is -2.84. The summed E-state index contributed by atoms with van der Waals surface area (Å²) < 4.78 is 21.8. The fraction of sp³-hybridized carbons (Fsp3) is 0.333. The number of fused-ring (bicyclic) bond motifs is 1. The third-order valence-corrected chi connectivity index (χ3v) is 7.13. The molecule has 0 saturated heterocycles. The highest BCUT2D eigenvalue weighted by Crippen LogP contribution is 2.60. The van der Waals surface area contributed by atoms with Crippen molar-refractivity contribution in [1.82, 2.24) is 15.2 Å². The lowest BCUT2D eigenvalue weighted by molar-refractivity contribution is -0.141. The van der Waals surface area contributed by atoms with Gasteiger partial charge >= 0.3 is 0 Å². The van der Waals surface area contributed by atoms with E-state index in [9.17, 15) is 14.0 Å². The Balaban J connectivity index is 1.13. The standard InChI is InChI=1S/C21H19ClFN3O3S/c1-26-15-4-5-30-17(15)7-16(26)19(28)25-21-9-20(10-21,11-21)24-18(27)8-29-12-2-3-13(22)14(23)6-12/h2-7H,8-11H2,1H3,(H,24,27)(H,25,28). The molecule has 3 aliphatic rings. The first-order valence-corrected chi connectivity index (χ1v) is 10.8. The first kappa shape index (κ1) is 19.4. The summed E-state index contributed by atoms with van der Waals surface area (Å²) in [6, 6.07) is 7.96. The van der Waals surface area contributed by atoms with Gasteiger partial charge in [0.05, 0.1) is 15.2 Å². The maximum Gasteiger partial charge on any atom is 0.268 e. The number of halogens is 2. The third kappa shape index (κ3) is 3.15. The zero-order valence-corrected chi connectivity index (χ0v) is 17.7. The lowest BCUT2D eigenvalue weighted by atomic mass is 9.44. The van der Waals surface area contributed by atoms with Gasteiger partial charge in [0, 0.05) is 24.2 Å². The molecule has 0 spiro atoms. The molecule has 2 bridgehead atoms. The molecule has 3 aliphatic carbocycles. The summed E-state index contributed by atoms with van der Waals surface area (Å²) in [5.41, 5.74) is 1.16. The molecule has 9 heteroatoms. The number of carbonyl (C=O) groups is 2. The Morgan fingerprint density at radius 2 is 1.93 bits per heavy atom. The number of amides is 2. The van der Waals surface area contributed by atoms with Crippen LogP contribution in [0.15, 0.2) is 35.7 Å². The minimum Gasteiger partial charge on any atom is -0.484 e. The van der Waals surface area contributed by atoms with Crippen LogP contribution in [0.2, 0.25) is 5.02 Å². The maximum absolute atomic E-state index is 13.4. The highest BCUT2D eigenvalue weighted by molar-refractivity contribution is 7.17. The van der Waals surface area contributed by atoms with Crippen LogP contribution < -0.4 is 15.4 Å². The largest absolute Gasteiger partial charge is 0.484 e. The monoisotopic (exact) mass is 447 g/mol. The van der Waals surface area contributed by atoms with Crippen molar-refractivity contribution in [2.75, 3.05) is 6.61 Å². The summed E-state index contributed by atoms with van der Waals surface area (Å²) in [5, 5.41) is 8.14. The SMILES string of the molecule is Cn1c(C(=O)NC23CC(NC(=O)COc4ccc(Cl)c(F)c4)(C2)C3)cc2sccc21. The summed E-state index contributed by atoms with van der Waals surface area (Å²) in [5.74, 6) is -0.707. The Kier molecular flexibility index (Phi) is 4.34. The second kappa shape index (κ2) is 6.72. The topological polar surface area (TPSA) is 72.4 Å². The number of thiophene rings is 1. The predicted molar refractivity (Wildman–Crippen MR) is 113 cm³/mol. The average molecular weight is 448 g/mol. The van der Waals surface area contributed by atoms with Crippen molar-refractivity contribution in [1.29, 1.82) is 0 Å². The van der Waals surface area contributed by atoms with Crippen molar-refractivity contribution < 1.29 is 18.7 Å². The Morgan fingerprint density at radius 1 is 1.20 bits per heavy atom. The molecule has 2 heterocycles. The van der Waals surface area contributed by atoms with Gasteiger partial charge in [0.25, 0.3) is 11.8 Å². The molecule has 2 N–H and O–H groups in total. The van der Waals surface area contributed by atoms with Gasteiger partial charge in [0.2, 0.25) is 0 Å². The molecule has 156 valence electrons. The number of aryl methyl sites for hydroxylation is 1. The molecule has 0 radical (unpaired) electrons. The number of benzene rings is 1. The van der Waals surface area contributed by atoms with Crippen LogP contribution in [-0.2, 0) is 11.8 Å². The Hall–Kier alpha value is -2.58. The normalized spacial score (nSPS) is 24.1. The summed E-state index contributed by atoms with van der Waals surface area (Å²) in [7, 11) is 1.89. The van der Waals surface area contributed by atoms with E-state index in [1.165, 1.54) is 12.1 Å². The molecule has 6 nitrogen and oxygen atoms in total. The summed E-state index contributed by atoms with van der Waals surface area (Å²) in [6.07, 6.45) is 2.10. The van der Waals surface area contributed by atoms with E-state index in [4.69, 9.17) is 16.3 Å². The Labute approximate surface area is 181 Å². The number of carbonyl (C=O) groups excluding carboxylic acids is 2. The molecule has 3 saturated carbocycles. The highest BCUT2D eigenvalue weighted by atomic mass is 35.5. The zero-order valence-electron chi connectivity index (χ0n) is 16.1. The molecule has 0 atom stereocenters. The van der Waals surface area contributed by atoms with Crippen molar-refractivity contribution in [2.45, 2.75) is 30.3 Å². The molecule has 3 aromatic rings. The van der Waals surface area contributed by atoms with Gasteiger partial charge in [-0.25, -0.2) is 4.39 Å². The van der Waals surface area contributed by atoms with Crippen molar-refractivity contribution in [2.24, 2.45) is 7.05 Å². The molecule has 0 aliphatic heterocycles. The fourth-order valence-electron chi connectivity index (χ4n) is 4.67. The van der Waals surface area contributed by atoms with Gasteiger partial charge in [-0.3, -0.25) is 9.59 Å². The van der Waals surface area contributed by atoms with Crippen LogP contribution in [-0.4, -0.2) is 34.1 Å². The van der Waals surface area contributed by atoms with Gasteiger partial charge < -0.3 is 19.9 Å². The van der Waals surface area contributed by atoms with E-state index >= 15 is 0 Å². The van der Waals surface area contributed by atoms with Gasteiger partial charge in [0.1, 0.15) is 17.3 Å². The van der Waals surface area contributed by atoms with Crippen LogP contribution in [0.5, 0.6) is 5.75 Å². The number of nitrogens with zero attached hydrogens (tertiary/aromatic N) is 1.